The van der Waals surface area contributed by atoms with Crippen LogP contribution in [-0.4, -0.2) is 0 Å². The Morgan fingerprint density at radius 3 is 0.517 bits per heavy atom. The Bertz CT molecular complexity index is 149. The van der Waals surface area contributed by atoms with Crippen LogP contribution in [0.1, 0.15) is 164 Å². The molecular formula is C29H72. The molecule has 0 aromatic rings. The smallest absolute Gasteiger partial charge is 0.0195 e. The normalized spacial score (nSPS) is 23.6. The second kappa shape index (κ2) is 42.2. The van der Waals surface area contributed by atoms with Crippen LogP contribution in [-0.2, 0) is 0 Å². The van der Waals surface area contributed by atoms with Crippen molar-refractivity contribution in [3.63, 3.8) is 0 Å². The highest BCUT2D eigenvalue weighted by Crippen LogP contribution is 2.62. The maximum atomic E-state index is 2.50. The summed E-state index contributed by atoms with van der Waals surface area (Å²) in [4.78, 5) is 0. The molecule has 4 atom stereocenters. The van der Waals surface area contributed by atoms with Gasteiger partial charge < -0.3 is 0 Å². The van der Waals surface area contributed by atoms with Gasteiger partial charge in [0.25, 0.3) is 0 Å². The molecule has 0 amide bonds. The lowest BCUT2D eigenvalue weighted by molar-refractivity contribution is 0.0551. The van der Waals surface area contributed by atoms with Crippen molar-refractivity contribution >= 4 is 0 Å². The standard InChI is InChI=1S/C13H24.8C2H6/c1-9-5-6-10(2)13(9)11(3)7-8-12(13)4;8*1-2/h9-12H,5-8H2,1-4H3;8*1-2H3/t9-,10+,11-,12+,13?;;;;;;;;. The molecule has 0 bridgehead atoms. The van der Waals surface area contributed by atoms with Crippen LogP contribution in [0, 0.1) is 29.1 Å². The van der Waals surface area contributed by atoms with Gasteiger partial charge in [0.2, 0.25) is 0 Å². The molecule has 0 heteroatoms. The van der Waals surface area contributed by atoms with E-state index in [1.807, 2.05) is 111 Å². The van der Waals surface area contributed by atoms with E-state index < -0.39 is 0 Å². The minimum atomic E-state index is 0.722. The molecule has 0 aromatic heterocycles. The molecule has 1 spiro atoms. The molecular weight excluding hydrogens is 348 g/mol. The van der Waals surface area contributed by atoms with Crippen molar-refractivity contribution in [2.75, 3.05) is 0 Å². The molecule has 2 rings (SSSR count). The third kappa shape index (κ3) is 16.4. The Hall–Kier alpha value is 0. The fourth-order valence-electron chi connectivity index (χ4n) is 4.91. The van der Waals surface area contributed by atoms with Crippen molar-refractivity contribution in [3.05, 3.63) is 0 Å². The van der Waals surface area contributed by atoms with Crippen LogP contribution in [0.2, 0.25) is 0 Å². The third-order valence-corrected chi connectivity index (χ3v) is 5.48. The second-order valence-electron chi connectivity index (χ2n) is 5.76. The first-order valence-electron chi connectivity index (χ1n) is 14.1. The third-order valence-electron chi connectivity index (χ3n) is 5.48. The molecule has 0 saturated heterocycles. The zero-order chi connectivity index (χ0) is 25.6. The lowest BCUT2D eigenvalue weighted by atomic mass is 9.62. The van der Waals surface area contributed by atoms with Crippen molar-refractivity contribution in [1.82, 2.24) is 0 Å². The van der Waals surface area contributed by atoms with E-state index in [4.69, 9.17) is 0 Å². The van der Waals surface area contributed by atoms with Crippen LogP contribution in [0.5, 0.6) is 0 Å². The van der Waals surface area contributed by atoms with Gasteiger partial charge in [-0.2, -0.15) is 0 Å². The SMILES string of the molecule is CC.CC.CC.CC.CC.CC.CC.CC.C[C@@H]1CC[C@H](C)C12[C@H](C)CC[C@@H]2C. The Kier molecular flexibility index (Phi) is 68.3. The minimum absolute atomic E-state index is 0.722. The van der Waals surface area contributed by atoms with Gasteiger partial charge in [-0.15, -0.1) is 0 Å². The summed E-state index contributed by atoms with van der Waals surface area (Å²) in [6.07, 6.45) is 5.93. The highest BCUT2D eigenvalue weighted by atomic mass is 14.6. The summed E-state index contributed by atoms with van der Waals surface area (Å²) in [5.74, 6) is 3.93. The van der Waals surface area contributed by atoms with E-state index in [1.54, 1.807) is 0 Å². The molecule has 0 radical (unpaired) electrons. The summed E-state index contributed by atoms with van der Waals surface area (Å²) >= 11 is 0. The molecule has 2 aliphatic rings. The minimum Gasteiger partial charge on any atom is -0.0683 e. The molecule has 188 valence electrons. The van der Waals surface area contributed by atoms with Gasteiger partial charge in [-0.3, -0.25) is 0 Å². The molecule has 0 aromatic carbocycles. The van der Waals surface area contributed by atoms with E-state index in [9.17, 15) is 0 Å². The predicted molar refractivity (Wildman–Crippen MR) is 148 cm³/mol. The van der Waals surface area contributed by atoms with Gasteiger partial charge in [0.15, 0.2) is 0 Å². The Morgan fingerprint density at radius 1 is 0.310 bits per heavy atom. The fraction of sp³-hybridized carbons (Fsp3) is 1.00. The van der Waals surface area contributed by atoms with E-state index in [2.05, 4.69) is 27.7 Å². The first-order valence-corrected chi connectivity index (χ1v) is 14.1. The van der Waals surface area contributed by atoms with Crippen LogP contribution < -0.4 is 0 Å². The van der Waals surface area contributed by atoms with Crippen LogP contribution in [0.25, 0.3) is 0 Å². The Labute approximate surface area is 193 Å². The lowest BCUT2D eigenvalue weighted by Crippen LogP contribution is -2.37. The van der Waals surface area contributed by atoms with E-state index in [0.717, 1.165) is 29.1 Å². The highest BCUT2D eigenvalue weighted by Gasteiger charge is 2.55. The fourth-order valence-corrected chi connectivity index (χ4v) is 4.91. The molecule has 2 aliphatic carbocycles. The summed E-state index contributed by atoms with van der Waals surface area (Å²) in [7, 11) is 0. The number of rotatable bonds is 0. The van der Waals surface area contributed by atoms with Gasteiger partial charge in [-0.1, -0.05) is 138 Å². The summed E-state index contributed by atoms with van der Waals surface area (Å²) in [5, 5.41) is 0. The predicted octanol–water partition coefficient (Wildman–Crippen LogP) is 12.3. The van der Waals surface area contributed by atoms with Crippen molar-refractivity contribution in [2.24, 2.45) is 29.1 Å². The first-order chi connectivity index (χ1) is 14.1. The van der Waals surface area contributed by atoms with Crippen molar-refractivity contribution in [3.8, 4) is 0 Å². The second-order valence-corrected chi connectivity index (χ2v) is 5.76. The largest absolute Gasteiger partial charge is 0.0683 e. The first kappa shape index (κ1) is 47.0. The van der Waals surface area contributed by atoms with Gasteiger partial charge in [-0.25, -0.2) is 0 Å². The zero-order valence-electron chi connectivity index (χ0n) is 25.6. The van der Waals surface area contributed by atoms with Crippen molar-refractivity contribution in [1.29, 1.82) is 0 Å². The number of hydrogen-bond donors (Lipinski definition) is 0. The monoisotopic (exact) mass is 421 g/mol. The average Bonchev–Trinajstić information content (AvgIpc) is 3.34. The summed E-state index contributed by atoms with van der Waals surface area (Å²) in [6, 6.07) is 0. The van der Waals surface area contributed by atoms with Gasteiger partial charge in [-0.05, 0) is 54.8 Å². The maximum absolute atomic E-state index is 2.50. The summed E-state index contributed by atoms with van der Waals surface area (Å²) in [5.41, 5.74) is 0.722. The zero-order valence-corrected chi connectivity index (χ0v) is 25.6. The van der Waals surface area contributed by atoms with Crippen LogP contribution in [0.4, 0.5) is 0 Å². The van der Waals surface area contributed by atoms with Gasteiger partial charge in [0, 0.05) is 0 Å². The highest BCUT2D eigenvalue weighted by molar-refractivity contribution is 5.03. The summed E-state index contributed by atoms with van der Waals surface area (Å²) < 4.78 is 0. The molecule has 0 aliphatic heterocycles. The summed E-state index contributed by atoms with van der Waals surface area (Å²) in [6.45, 7) is 42.0. The molecule has 0 N–H and O–H groups in total. The quantitative estimate of drug-likeness (QED) is 0.365. The van der Waals surface area contributed by atoms with Crippen molar-refractivity contribution < 1.29 is 0 Å². The van der Waals surface area contributed by atoms with Crippen molar-refractivity contribution in [2.45, 2.75) is 164 Å². The van der Waals surface area contributed by atoms with E-state index in [0.29, 0.717) is 0 Å². The molecule has 2 fully saturated rings. The maximum Gasteiger partial charge on any atom is -0.0195 e. The molecule has 29 heavy (non-hydrogen) atoms. The van der Waals surface area contributed by atoms with Crippen LogP contribution >= 0.6 is 0 Å². The van der Waals surface area contributed by atoms with Gasteiger partial charge >= 0.3 is 0 Å². The van der Waals surface area contributed by atoms with E-state index >= 15 is 0 Å². The van der Waals surface area contributed by atoms with Gasteiger partial charge in [0.05, 0.1) is 0 Å². The van der Waals surface area contributed by atoms with Crippen LogP contribution in [0.15, 0.2) is 0 Å². The van der Waals surface area contributed by atoms with Crippen LogP contribution in [0.3, 0.4) is 0 Å². The molecule has 0 heterocycles. The average molecular weight is 421 g/mol. The molecule has 0 unspecified atom stereocenters. The lowest BCUT2D eigenvalue weighted by Gasteiger charge is -2.42. The Balaban J connectivity index is -0.0000000515. The van der Waals surface area contributed by atoms with Gasteiger partial charge in [0.1, 0.15) is 0 Å². The van der Waals surface area contributed by atoms with E-state index in [-0.39, 0.29) is 0 Å². The van der Waals surface area contributed by atoms with E-state index in [1.165, 1.54) is 25.7 Å². The molecule has 2 saturated carbocycles. The molecule has 0 nitrogen and oxygen atoms in total. The number of hydrogen-bond acceptors (Lipinski definition) is 0. The topological polar surface area (TPSA) is 0 Å². The Morgan fingerprint density at radius 2 is 0.414 bits per heavy atom.